The quantitative estimate of drug-likeness (QED) is 0.639. The third-order valence-corrected chi connectivity index (χ3v) is 2.60. The molecule has 0 spiro atoms. The van der Waals surface area contributed by atoms with Crippen LogP contribution in [0.1, 0.15) is 25.7 Å². The SMILES string of the molecule is OCC[C@@H]1CCCCN1CCO. The zero-order valence-electron chi connectivity index (χ0n) is 7.58. The molecule has 1 fully saturated rings. The lowest BCUT2D eigenvalue weighted by Crippen LogP contribution is -2.41. The summed E-state index contributed by atoms with van der Waals surface area (Å²) < 4.78 is 0. The van der Waals surface area contributed by atoms with Crippen molar-refractivity contribution in [1.29, 1.82) is 0 Å². The molecular weight excluding hydrogens is 154 g/mol. The number of likely N-dealkylation sites (tertiary alicyclic amines) is 1. The summed E-state index contributed by atoms with van der Waals surface area (Å²) in [5.41, 5.74) is 0. The van der Waals surface area contributed by atoms with E-state index in [1.54, 1.807) is 0 Å². The van der Waals surface area contributed by atoms with E-state index >= 15 is 0 Å². The molecular formula is C9H19NO2. The van der Waals surface area contributed by atoms with Gasteiger partial charge in [0, 0.05) is 19.2 Å². The van der Waals surface area contributed by atoms with Crippen LogP contribution in [0.25, 0.3) is 0 Å². The minimum absolute atomic E-state index is 0.238. The zero-order valence-corrected chi connectivity index (χ0v) is 7.58. The van der Waals surface area contributed by atoms with Crippen LogP contribution in [0, 0.1) is 0 Å². The molecule has 2 N–H and O–H groups in total. The second kappa shape index (κ2) is 5.51. The highest BCUT2D eigenvalue weighted by molar-refractivity contribution is 4.76. The molecule has 0 amide bonds. The molecule has 1 saturated heterocycles. The smallest absolute Gasteiger partial charge is 0.0558 e. The van der Waals surface area contributed by atoms with Crippen LogP contribution in [0.4, 0.5) is 0 Å². The molecule has 1 aliphatic heterocycles. The second-order valence-corrected chi connectivity index (χ2v) is 3.42. The molecule has 1 rings (SSSR count). The van der Waals surface area contributed by atoms with Gasteiger partial charge in [-0.1, -0.05) is 6.42 Å². The standard InChI is InChI=1S/C9H19NO2/c11-7-4-9-3-1-2-5-10(9)6-8-12/h9,11-12H,1-8H2/t9-/m0/s1. The largest absolute Gasteiger partial charge is 0.396 e. The summed E-state index contributed by atoms with van der Waals surface area (Å²) in [6.07, 6.45) is 4.55. The number of aliphatic hydroxyl groups is 2. The van der Waals surface area contributed by atoms with Gasteiger partial charge in [-0.3, -0.25) is 4.90 Å². The van der Waals surface area contributed by atoms with E-state index in [9.17, 15) is 0 Å². The van der Waals surface area contributed by atoms with Gasteiger partial charge in [-0.05, 0) is 25.8 Å². The van der Waals surface area contributed by atoms with E-state index in [0.717, 1.165) is 19.5 Å². The van der Waals surface area contributed by atoms with E-state index in [1.165, 1.54) is 19.3 Å². The van der Waals surface area contributed by atoms with E-state index in [2.05, 4.69) is 4.90 Å². The molecule has 0 unspecified atom stereocenters. The van der Waals surface area contributed by atoms with Gasteiger partial charge in [0.05, 0.1) is 6.61 Å². The van der Waals surface area contributed by atoms with Gasteiger partial charge >= 0.3 is 0 Å². The van der Waals surface area contributed by atoms with Crippen LogP contribution in [0.2, 0.25) is 0 Å². The van der Waals surface area contributed by atoms with Crippen molar-refractivity contribution in [1.82, 2.24) is 4.90 Å². The molecule has 3 heteroatoms. The lowest BCUT2D eigenvalue weighted by atomic mass is 10.00. The Kier molecular flexibility index (Phi) is 4.58. The van der Waals surface area contributed by atoms with Crippen molar-refractivity contribution < 1.29 is 10.2 Å². The Labute approximate surface area is 74.0 Å². The van der Waals surface area contributed by atoms with Gasteiger partial charge < -0.3 is 10.2 Å². The number of nitrogens with zero attached hydrogens (tertiary/aromatic N) is 1. The van der Waals surface area contributed by atoms with Gasteiger partial charge in [0.15, 0.2) is 0 Å². The van der Waals surface area contributed by atoms with Crippen molar-refractivity contribution >= 4 is 0 Å². The number of hydrogen-bond donors (Lipinski definition) is 2. The molecule has 0 bridgehead atoms. The van der Waals surface area contributed by atoms with Crippen LogP contribution >= 0.6 is 0 Å². The zero-order chi connectivity index (χ0) is 8.81. The topological polar surface area (TPSA) is 43.7 Å². The third kappa shape index (κ3) is 2.73. The first-order valence-electron chi connectivity index (χ1n) is 4.84. The summed E-state index contributed by atoms with van der Waals surface area (Å²) in [4.78, 5) is 2.29. The maximum Gasteiger partial charge on any atom is 0.0558 e. The fourth-order valence-corrected chi connectivity index (χ4v) is 1.96. The lowest BCUT2D eigenvalue weighted by molar-refractivity contribution is 0.0969. The van der Waals surface area contributed by atoms with Gasteiger partial charge in [-0.15, -0.1) is 0 Å². The summed E-state index contributed by atoms with van der Waals surface area (Å²) in [7, 11) is 0. The molecule has 12 heavy (non-hydrogen) atoms. The number of rotatable bonds is 4. The molecule has 0 saturated carbocycles. The molecule has 0 aromatic heterocycles. The fraction of sp³-hybridized carbons (Fsp3) is 1.00. The molecule has 1 aliphatic rings. The fourth-order valence-electron chi connectivity index (χ4n) is 1.96. The second-order valence-electron chi connectivity index (χ2n) is 3.42. The van der Waals surface area contributed by atoms with Gasteiger partial charge in [-0.25, -0.2) is 0 Å². The predicted octanol–water partition coefficient (Wildman–Crippen LogP) is 0.216. The van der Waals surface area contributed by atoms with E-state index in [4.69, 9.17) is 10.2 Å². The monoisotopic (exact) mass is 173 g/mol. The Morgan fingerprint density at radius 3 is 2.67 bits per heavy atom. The first-order chi connectivity index (χ1) is 5.88. The van der Waals surface area contributed by atoms with Crippen LogP contribution in [0.3, 0.4) is 0 Å². The Balaban J connectivity index is 2.31. The number of piperidine rings is 1. The Morgan fingerprint density at radius 1 is 1.17 bits per heavy atom. The van der Waals surface area contributed by atoms with Crippen LogP contribution < -0.4 is 0 Å². The summed E-state index contributed by atoms with van der Waals surface area (Å²) in [5.74, 6) is 0. The van der Waals surface area contributed by atoms with Crippen molar-refractivity contribution in [3.05, 3.63) is 0 Å². The normalized spacial score (nSPS) is 26.0. The summed E-state index contributed by atoms with van der Waals surface area (Å²) in [5, 5.41) is 17.6. The number of aliphatic hydroxyl groups excluding tert-OH is 2. The molecule has 0 radical (unpaired) electrons. The van der Waals surface area contributed by atoms with Crippen molar-refractivity contribution in [2.75, 3.05) is 26.3 Å². The average molecular weight is 173 g/mol. The van der Waals surface area contributed by atoms with Gasteiger partial charge in [-0.2, -0.15) is 0 Å². The van der Waals surface area contributed by atoms with Crippen LogP contribution in [0.15, 0.2) is 0 Å². The van der Waals surface area contributed by atoms with Crippen molar-refractivity contribution in [2.24, 2.45) is 0 Å². The molecule has 3 nitrogen and oxygen atoms in total. The molecule has 0 aromatic carbocycles. The van der Waals surface area contributed by atoms with Gasteiger partial charge in [0.2, 0.25) is 0 Å². The first-order valence-corrected chi connectivity index (χ1v) is 4.84. The van der Waals surface area contributed by atoms with E-state index in [1.807, 2.05) is 0 Å². The minimum Gasteiger partial charge on any atom is -0.396 e. The van der Waals surface area contributed by atoms with E-state index in [-0.39, 0.29) is 13.2 Å². The van der Waals surface area contributed by atoms with Crippen molar-refractivity contribution in [2.45, 2.75) is 31.7 Å². The van der Waals surface area contributed by atoms with Crippen LogP contribution in [-0.2, 0) is 0 Å². The number of hydrogen-bond acceptors (Lipinski definition) is 3. The molecule has 1 atom stereocenters. The van der Waals surface area contributed by atoms with Crippen molar-refractivity contribution in [3.8, 4) is 0 Å². The highest BCUT2D eigenvalue weighted by Gasteiger charge is 2.20. The van der Waals surface area contributed by atoms with Gasteiger partial charge in [0.1, 0.15) is 0 Å². The first kappa shape index (κ1) is 9.96. The molecule has 72 valence electrons. The minimum atomic E-state index is 0.238. The van der Waals surface area contributed by atoms with Crippen LogP contribution in [0.5, 0.6) is 0 Å². The molecule has 0 aliphatic carbocycles. The Morgan fingerprint density at radius 2 is 2.00 bits per heavy atom. The maximum absolute atomic E-state index is 8.82. The Hall–Kier alpha value is -0.120. The van der Waals surface area contributed by atoms with E-state index < -0.39 is 0 Å². The third-order valence-electron chi connectivity index (χ3n) is 2.60. The molecule has 1 heterocycles. The summed E-state index contributed by atoms with van der Waals surface area (Å²) >= 11 is 0. The highest BCUT2D eigenvalue weighted by atomic mass is 16.3. The van der Waals surface area contributed by atoms with E-state index in [0.29, 0.717) is 6.04 Å². The average Bonchev–Trinajstić information content (AvgIpc) is 2.09. The Bertz CT molecular complexity index is 101. The molecule has 0 aromatic rings. The maximum atomic E-state index is 8.82. The lowest BCUT2D eigenvalue weighted by Gasteiger charge is -2.34. The highest BCUT2D eigenvalue weighted by Crippen LogP contribution is 2.18. The van der Waals surface area contributed by atoms with Crippen LogP contribution in [-0.4, -0.2) is 47.5 Å². The summed E-state index contributed by atoms with van der Waals surface area (Å²) in [6.45, 7) is 2.37. The number of β-amino-alcohol motifs (C(OH)–C–C–N with tert-alkyl or cyclic N) is 1. The van der Waals surface area contributed by atoms with Gasteiger partial charge in [0.25, 0.3) is 0 Å². The predicted molar refractivity (Wildman–Crippen MR) is 48.0 cm³/mol. The summed E-state index contributed by atoms with van der Waals surface area (Å²) in [6, 6.07) is 0.510. The van der Waals surface area contributed by atoms with Crippen molar-refractivity contribution in [3.63, 3.8) is 0 Å².